The SMILES string of the molecule is COc1ccc(S[C@H](C)C(=O)Nc2ccc(S(=O)(=O)Nc3cccc(Cl)c3Cl)cc2)cc1OC. The number of hydrogen-bond donors (Lipinski definition) is 2. The van der Waals surface area contributed by atoms with Gasteiger partial charge in [-0.05, 0) is 61.5 Å². The summed E-state index contributed by atoms with van der Waals surface area (Å²) in [4.78, 5) is 13.5. The topological polar surface area (TPSA) is 93.7 Å². The predicted octanol–water partition coefficient (Wildman–Crippen LogP) is 5.93. The summed E-state index contributed by atoms with van der Waals surface area (Å²) >= 11 is 13.4. The van der Waals surface area contributed by atoms with E-state index in [9.17, 15) is 13.2 Å². The number of carbonyl (C=O) groups is 1. The average molecular weight is 541 g/mol. The second-order valence-electron chi connectivity index (χ2n) is 7.00. The smallest absolute Gasteiger partial charge is 0.261 e. The molecule has 3 rings (SSSR count). The second-order valence-corrected chi connectivity index (χ2v) is 10.9. The Hall–Kier alpha value is -2.59. The van der Waals surface area contributed by atoms with Gasteiger partial charge in [0, 0.05) is 10.6 Å². The van der Waals surface area contributed by atoms with Crippen molar-refractivity contribution >= 4 is 62.3 Å². The highest BCUT2D eigenvalue weighted by Crippen LogP contribution is 2.34. The van der Waals surface area contributed by atoms with Gasteiger partial charge in [0.15, 0.2) is 11.5 Å². The van der Waals surface area contributed by atoms with E-state index in [1.807, 2.05) is 6.07 Å². The first-order chi connectivity index (χ1) is 16.1. The van der Waals surface area contributed by atoms with Crippen LogP contribution in [0.1, 0.15) is 6.92 Å². The largest absolute Gasteiger partial charge is 0.493 e. The highest BCUT2D eigenvalue weighted by atomic mass is 35.5. The number of sulfonamides is 1. The monoisotopic (exact) mass is 540 g/mol. The van der Waals surface area contributed by atoms with Crippen LogP contribution in [0.3, 0.4) is 0 Å². The van der Waals surface area contributed by atoms with E-state index in [-0.39, 0.29) is 26.5 Å². The van der Waals surface area contributed by atoms with Crippen LogP contribution in [0.15, 0.2) is 70.5 Å². The van der Waals surface area contributed by atoms with Crippen LogP contribution in [-0.2, 0) is 14.8 Å². The fraction of sp³-hybridized carbons (Fsp3) is 0.174. The summed E-state index contributed by atoms with van der Waals surface area (Å²) < 4.78 is 38.3. The molecule has 1 amide bonds. The molecular weight excluding hydrogens is 519 g/mol. The van der Waals surface area contributed by atoms with Crippen LogP contribution in [0.4, 0.5) is 11.4 Å². The Kier molecular flexibility index (Phi) is 8.59. The fourth-order valence-corrected chi connectivity index (χ4v) is 5.27. The Morgan fingerprint density at radius 1 is 0.971 bits per heavy atom. The van der Waals surface area contributed by atoms with E-state index in [1.54, 1.807) is 45.4 Å². The molecule has 0 radical (unpaired) electrons. The number of carbonyl (C=O) groups excluding carboxylic acids is 1. The first kappa shape index (κ1) is 26.0. The number of anilines is 2. The molecule has 0 aliphatic rings. The Labute approximate surface area is 212 Å². The lowest BCUT2D eigenvalue weighted by Crippen LogP contribution is -2.22. The second kappa shape index (κ2) is 11.2. The maximum atomic E-state index is 12.7. The Morgan fingerprint density at radius 2 is 1.65 bits per heavy atom. The Balaban J connectivity index is 1.65. The maximum Gasteiger partial charge on any atom is 0.261 e. The van der Waals surface area contributed by atoms with Crippen molar-refractivity contribution in [2.45, 2.75) is 22.0 Å². The van der Waals surface area contributed by atoms with Crippen molar-refractivity contribution in [2.75, 3.05) is 24.3 Å². The van der Waals surface area contributed by atoms with E-state index in [4.69, 9.17) is 32.7 Å². The van der Waals surface area contributed by atoms with Crippen molar-refractivity contribution in [2.24, 2.45) is 0 Å². The average Bonchev–Trinajstić information content (AvgIpc) is 2.82. The van der Waals surface area contributed by atoms with Crippen LogP contribution in [0.2, 0.25) is 10.0 Å². The number of ether oxygens (including phenoxy) is 2. The molecule has 0 heterocycles. The first-order valence-corrected chi connectivity index (χ1v) is 13.0. The van der Waals surface area contributed by atoms with Gasteiger partial charge in [-0.25, -0.2) is 8.42 Å². The molecule has 0 spiro atoms. The first-order valence-electron chi connectivity index (χ1n) is 9.91. The number of nitrogens with one attached hydrogen (secondary N) is 2. The van der Waals surface area contributed by atoms with E-state index in [1.165, 1.54) is 42.1 Å². The van der Waals surface area contributed by atoms with E-state index in [0.29, 0.717) is 17.2 Å². The minimum atomic E-state index is -3.90. The Bertz CT molecular complexity index is 1290. The lowest BCUT2D eigenvalue weighted by molar-refractivity contribution is -0.115. The summed E-state index contributed by atoms with van der Waals surface area (Å²) in [6.45, 7) is 1.77. The third-order valence-corrected chi connectivity index (χ3v) is 7.96. The minimum absolute atomic E-state index is 0.00860. The number of thioether (sulfide) groups is 1. The number of methoxy groups -OCH3 is 2. The van der Waals surface area contributed by atoms with Crippen LogP contribution < -0.4 is 19.5 Å². The van der Waals surface area contributed by atoms with Crippen molar-refractivity contribution in [1.82, 2.24) is 0 Å². The zero-order chi connectivity index (χ0) is 24.9. The summed E-state index contributed by atoms with van der Waals surface area (Å²) in [6.07, 6.45) is 0. The van der Waals surface area contributed by atoms with E-state index < -0.39 is 15.3 Å². The van der Waals surface area contributed by atoms with E-state index in [2.05, 4.69) is 10.0 Å². The lowest BCUT2D eigenvalue weighted by Gasteiger charge is -2.14. The third kappa shape index (κ3) is 6.29. The van der Waals surface area contributed by atoms with Gasteiger partial charge in [-0.15, -0.1) is 11.8 Å². The molecule has 2 N–H and O–H groups in total. The van der Waals surface area contributed by atoms with Gasteiger partial charge in [0.1, 0.15) is 0 Å². The molecule has 0 saturated heterocycles. The minimum Gasteiger partial charge on any atom is -0.493 e. The van der Waals surface area contributed by atoms with Crippen molar-refractivity contribution < 1.29 is 22.7 Å². The van der Waals surface area contributed by atoms with Crippen LogP contribution in [0, 0.1) is 0 Å². The quantitative estimate of drug-likeness (QED) is 0.326. The molecule has 3 aromatic rings. The third-order valence-electron chi connectivity index (χ3n) is 4.67. The highest BCUT2D eigenvalue weighted by molar-refractivity contribution is 8.00. The van der Waals surface area contributed by atoms with Crippen molar-refractivity contribution in [3.63, 3.8) is 0 Å². The zero-order valence-corrected chi connectivity index (χ0v) is 21.6. The van der Waals surface area contributed by atoms with Crippen LogP contribution in [0.5, 0.6) is 11.5 Å². The van der Waals surface area contributed by atoms with Gasteiger partial charge in [0.2, 0.25) is 5.91 Å². The molecule has 0 aliphatic heterocycles. The van der Waals surface area contributed by atoms with Crippen molar-refractivity contribution in [3.05, 3.63) is 70.7 Å². The normalized spacial score (nSPS) is 12.0. The number of amides is 1. The van der Waals surface area contributed by atoms with Crippen LogP contribution in [0.25, 0.3) is 0 Å². The standard InChI is InChI=1S/C23H22Cl2N2O5S2/c1-14(33-16-9-12-20(31-2)21(13-16)32-3)23(28)26-15-7-10-17(11-8-15)34(29,30)27-19-6-4-5-18(24)22(19)25/h4-14,27H,1-3H3,(H,26,28)/t14-/m1/s1. The van der Waals surface area contributed by atoms with Gasteiger partial charge < -0.3 is 14.8 Å². The van der Waals surface area contributed by atoms with Gasteiger partial charge in [0.05, 0.1) is 40.1 Å². The number of rotatable bonds is 9. The number of benzene rings is 3. The van der Waals surface area contributed by atoms with Gasteiger partial charge in [-0.2, -0.15) is 0 Å². The summed E-state index contributed by atoms with van der Waals surface area (Å²) in [5.74, 6) is 0.940. The molecule has 0 aromatic heterocycles. The van der Waals surface area contributed by atoms with Gasteiger partial charge in [0.25, 0.3) is 10.0 Å². The number of hydrogen-bond acceptors (Lipinski definition) is 6. The molecule has 0 unspecified atom stereocenters. The molecule has 180 valence electrons. The van der Waals surface area contributed by atoms with E-state index >= 15 is 0 Å². The predicted molar refractivity (Wildman–Crippen MR) is 137 cm³/mol. The van der Waals surface area contributed by atoms with Crippen LogP contribution in [-0.4, -0.2) is 33.8 Å². The molecule has 0 saturated carbocycles. The molecule has 11 heteroatoms. The number of halogens is 2. The summed E-state index contributed by atoms with van der Waals surface area (Å²) in [6, 6.07) is 15.9. The summed E-state index contributed by atoms with van der Waals surface area (Å²) in [5.41, 5.74) is 0.636. The molecular formula is C23H22Cl2N2O5S2. The van der Waals surface area contributed by atoms with E-state index in [0.717, 1.165) is 4.90 Å². The van der Waals surface area contributed by atoms with Crippen molar-refractivity contribution in [3.8, 4) is 11.5 Å². The van der Waals surface area contributed by atoms with Gasteiger partial charge in [-0.1, -0.05) is 29.3 Å². The fourth-order valence-electron chi connectivity index (χ4n) is 2.90. The maximum absolute atomic E-state index is 12.7. The highest BCUT2D eigenvalue weighted by Gasteiger charge is 2.19. The molecule has 7 nitrogen and oxygen atoms in total. The van der Waals surface area contributed by atoms with Crippen LogP contribution >= 0.6 is 35.0 Å². The van der Waals surface area contributed by atoms with Gasteiger partial charge in [-0.3, -0.25) is 9.52 Å². The summed E-state index contributed by atoms with van der Waals surface area (Å²) in [5, 5.41) is 2.71. The summed E-state index contributed by atoms with van der Waals surface area (Å²) in [7, 11) is -0.797. The van der Waals surface area contributed by atoms with Gasteiger partial charge >= 0.3 is 0 Å². The molecule has 34 heavy (non-hydrogen) atoms. The molecule has 0 bridgehead atoms. The lowest BCUT2D eigenvalue weighted by atomic mass is 10.3. The zero-order valence-electron chi connectivity index (χ0n) is 18.5. The molecule has 0 fully saturated rings. The molecule has 0 aliphatic carbocycles. The van der Waals surface area contributed by atoms with Crippen molar-refractivity contribution in [1.29, 1.82) is 0 Å². The Morgan fingerprint density at radius 3 is 2.29 bits per heavy atom. The molecule has 1 atom stereocenters. The molecule has 3 aromatic carbocycles.